The first-order chi connectivity index (χ1) is 10.5. The van der Waals surface area contributed by atoms with Crippen LogP contribution in [0.25, 0.3) is 11.0 Å². The predicted molar refractivity (Wildman–Crippen MR) is 78.9 cm³/mol. The second-order valence-electron chi connectivity index (χ2n) is 4.66. The van der Waals surface area contributed by atoms with Crippen molar-refractivity contribution in [2.45, 2.75) is 11.4 Å². The van der Waals surface area contributed by atoms with Crippen LogP contribution in [-0.4, -0.2) is 46.2 Å². The zero-order valence-electron chi connectivity index (χ0n) is 11.5. The van der Waals surface area contributed by atoms with Crippen molar-refractivity contribution >= 4 is 32.6 Å². The molecule has 8 nitrogen and oxygen atoms in total. The molecule has 3 rings (SSSR count). The summed E-state index contributed by atoms with van der Waals surface area (Å²) in [6.45, 7) is 0.745. The average Bonchev–Trinajstić information content (AvgIpc) is 3.14. The van der Waals surface area contributed by atoms with Crippen LogP contribution in [0.5, 0.6) is 0 Å². The molecule has 0 unspecified atom stereocenters. The largest absolute Gasteiger partial charge is 0.355 e. The van der Waals surface area contributed by atoms with Crippen LogP contribution < -0.4 is 0 Å². The summed E-state index contributed by atoms with van der Waals surface area (Å²) in [5.41, 5.74) is 0.441. The van der Waals surface area contributed by atoms with Crippen LogP contribution in [0.4, 0.5) is 0 Å². The highest BCUT2D eigenvalue weighted by Gasteiger charge is 2.22. The highest BCUT2D eigenvalue weighted by molar-refractivity contribution is 7.89. The monoisotopic (exact) mass is 341 g/mol. The second kappa shape index (κ2) is 5.67. The molecule has 0 aliphatic rings. The molecule has 2 heterocycles. The molecule has 10 heteroatoms. The molecule has 0 aliphatic carbocycles. The first-order valence-corrected chi connectivity index (χ1v) is 8.14. The van der Waals surface area contributed by atoms with Gasteiger partial charge in [-0.25, -0.2) is 8.42 Å². The van der Waals surface area contributed by atoms with Crippen LogP contribution in [0.1, 0.15) is 0 Å². The van der Waals surface area contributed by atoms with Crippen LogP contribution in [0.2, 0.25) is 5.15 Å². The molecule has 1 aromatic carbocycles. The minimum Gasteiger partial charge on any atom is -0.355 e. The van der Waals surface area contributed by atoms with Gasteiger partial charge in [-0.3, -0.25) is 0 Å². The van der Waals surface area contributed by atoms with Gasteiger partial charge in [0.2, 0.25) is 10.0 Å². The Bertz CT molecular complexity index is 891. The van der Waals surface area contributed by atoms with Gasteiger partial charge < -0.3 is 9.09 Å². The second-order valence-corrected chi connectivity index (χ2v) is 7.06. The van der Waals surface area contributed by atoms with E-state index in [0.717, 1.165) is 0 Å². The van der Waals surface area contributed by atoms with Crippen LogP contribution in [0, 0.1) is 0 Å². The van der Waals surface area contributed by atoms with Crippen molar-refractivity contribution in [2.24, 2.45) is 0 Å². The molecule has 0 atom stereocenters. The van der Waals surface area contributed by atoms with Crippen molar-refractivity contribution in [3.05, 3.63) is 36.0 Å². The highest BCUT2D eigenvalue weighted by atomic mass is 35.5. The Morgan fingerprint density at radius 2 is 2.05 bits per heavy atom. The summed E-state index contributed by atoms with van der Waals surface area (Å²) < 4.78 is 33.0. The third-order valence-corrected chi connectivity index (χ3v) is 5.37. The first-order valence-electron chi connectivity index (χ1n) is 6.32. The molecule has 0 bridgehead atoms. The molecule has 0 fully saturated rings. The molecule has 0 aliphatic heterocycles. The number of rotatable bonds is 5. The number of sulfonamides is 1. The van der Waals surface area contributed by atoms with E-state index >= 15 is 0 Å². The molecule has 116 valence electrons. The topological polar surface area (TPSA) is 94.1 Å². The summed E-state index contributed by atoms with van der Waals surface area (Å²) in [6, 6.07) is 4.46. The lowest BCUT2D eigenvalue weighted by molar-refractivity contribution is 0.445. The van der Waals surface area contributed by atoms with Gasteiger partial charge in [0.05, 0.1) is 10.3 Å². The van der Waals surface area contributed by atoms with Crippen LogP contribution in [0.15, 0.2) is 40.3 Å². The van der Waals surface area contributed by atoms with E-state index < -0.39 is 10.0 Å². The number of hydrogen-bond acceptors (Lipinski definition) is 6. The van der Waals surface area contributed by atoms with Gasteiger partial charge in [-0.15, -0.1) is 10.2 Å². The summed E-state index contributed by atoms with van der Waals surface area (Å²) in [7, 11) is -2.11. The molecule has 0 amide bonds. The van der Waals surface area contributed by atoms with E-state index in [-0.39, 0.29) is 16.6 Å². The summed E-state index contributed by atoms with van der Waals surface area (Å²) in [5.74, 6) is 0. The Balaban J connectivity index is 1.84. The van der Waals surface area contributed by atoms with Gasteiger partial charge in [-0.05, 0) is 18.2 Å². The third-order valence-electron chi connectivity index (χ3n) is 3.25. The molecule has 0 saturated heterocycles. The summed E-state index contributed by atoms with van der Waals surface area (Å²) in [4.78, 5) is 0.136. The minimum absolute atomic E-state index is 0.136. The normalized spacial score (nSPS) is 12.3. The van der Waals surface area contributed by atoms with Gasteiger partial charge in [0.15, 0.2) is 10.7 Å². The van der Waals surface area contributed by atoms with Crippen LogP contribution in [-0.2, 0) is 16.6 Å². The molecule has 22 heavy (non-hydrogen) atoms. The fraction of sp³-hybridized carbons (Fsp3) is 0.250. The number of halogens is 1. The lowest BCUT2D eigenvalue weighted by Gasteiger charge is -2.17. The van der Waals surface area contributed by atoms with Gasteiger partial charge >= 0.3 is 0 Å². The Labute approximate surface area is 131 Å². The fourth-order valence-corrected chi connectivity index (χ4v) is 3.31. The summed E-state index contributed by atoms with van der Waals surface area (Å²) in [6.07, 6.45) is 3.06. The Hall–Kier alpha value is -1.97. The number of nitrogens with zero attached hydrogens (tertiary/aromatic N) is 5. The van der Waals surface area contributed by atoms with Crippen LogP contribution >= 0.6 is 11.6 Å². The molecule has 0 N–H and O–H groups in total. The lowest BCUT2D eigenvalue weighted by atomic mass is 10.3. The molecular weight excluding hydrogens is 330 g/mol. The van der Waals surface area contributed by atoms with Crippen molar-refractivity contribution in [2.75, 3.05) is 13.6 Å². The quantitative estimate of drug-likeness (QED) is 0.696. The zero-order chi connectivity index (χ0) is 15.7. The number of benzene rings is 1. The van der Waals surface area contributed by atoms with Gasteiger partial charge in [0.1, 0.15) is 12.7 Å². The fourth-order valence-electron chi connectivity index (χ4n) is 1.94. The van der Waals surface area contributed by atoms with Crippen molar-refractivity contribution < 1.29 is 12.9 Å². The smallest absolute Gasteiger partial charge is 0.242 e. The average molecular weight is 342 g/mol. The lowest BCUT2D eigenvalue weighted by Crippen LogP contribution is -2.30. The van der Waals surface area contributed by atoms with Gasteiger partial charge in [0, 0.05) is 20.1 Å². The third kappa shape index (κ3) is 2.70. The van der Waals surface area contributed by atoms with Crippen molar-refractivity contribution in [3.8, 4) is 0 Å². The van der Waals surface area contributed by atoms with E-state index in [1.807, 2.05) is 0 Å². The van der Waals surface area contributed by atoms with Crippen LogP contribution in [0.3, 0.4) is 0 Å². The standard InChI is InChI=1S/C12H12ClN5O3S/c1-17(4-5-18-7-14-15-8-18)22(19,20)9-2-3-11-10(6-9)12(13)16-21-11/h2-3,6-8H,4-5H2,1H3. The van der Waals surface area contributed by atoms with E-state index in [1.165, 1.54) is 42.2 Å². The number of likely N-dealkylation sites (N-methyl/N-ethyl adjacent to an activating group) is 1. The Morgan fingerprint density at radius 3 is 2.77 bits per heavy atom. The highest BCUT2D eigenvalue weighted by Crippen LogP contribution is 2.26. The van der Waals surface area contributed by atoms with E-state index in [1.54, 1.807) is 4.57 Å². The maximum Gasteiger partial charge on any atom is 0.242 e. The SMILES string of the molecule is CN(CCn1cnnc1)S(=O)(=O)c1ccc2onc(Cl)c2c1. The molecule has 0 radical (unpaired) electrons. The Kier molecular flexibility index (Phi) is 3.85. The number of hydrogen-bond donors (Lipinski definition) is 0. The van der Waals surface area contributed by atoms with Crippen molar-refractivity contribution in [1.82, 2.24) is 24.2 Å². The maximum atomic E-state index is 12.6. The van der Waals surface area contributed by atoms with E-state index in [9.17, 15) is 8.42 Å². The van der Waals surface area contributed by atoms with Gasteiger partial charge in [-0.2, -0.15) is 4.31 Å². The number of aromatic nitrogens is 4. The van der Waals surface area contributed by atoms with Gasteiger partial charge in [-0.1, -0.05) is 16.8 Å². The summed E-state index contributed by atoms with van der Waals surface area (Å²) in [5, 5.41) is 11.5. The molecular formula is C12H12ClN5O3S. The van der Waals surface area contributed by atoms with Crippen molar-refractivity contribution in [1.29, 1.82) is 0 Å². The number of fused-ring (bicyclic) bond motifs is 1. The van der Waals surface area contributed by atoms with Gasteiger partial charge in [0.25, 0.3) is 0 Å². The van der Waals surface area contributed by atoms with E-state index in [4.69, 9.17) is 16.1 Å². The Morgan fingerprint density at radius 1 is 1.32 bits per heavy atom. The molecule has 0 spiro atoms. The summed E-state index contributed by atoms with van der Waals surface area (Å²) >= 11 is 5.87. The predicted octanol–water partition coefficient (Wildman–Crippen LogP) is 1.39. The maximum absolute atomic E-state index is 12.6. The first kappa shape index (κ1) is 14.9. The van der Waals surface area contributed by atoms with Crippen molar-refractivity contribution in [3.63, 3.8) is 0 Å². The minimum atomic E-state index is -3.63. The molecule has 3 aromatic rings. The molecule has 2 aromatic heterocycles. The molecule has 0 saturated carbocycles. The zero-order valence-corrected chi connectivity index (χ0v) is 13.1. The van der Waals surface area contributed by atoms with E-state index in [0.29, 0.717) is 17.5 Å². The van der Waals surface area contributed by atoms with E-state index in [2.05, 4.69) is 15.4 Å².